The predicted molar refractivity (Wildman–Crippen MR) is 75.4 cm³/mol. The summed E-state index contributed by atoms with van der Waals surface area (Å²) < 4.78 is 0. The van der Waals surface area contributed by atoms with Crippen LogP contribution in [0, 0.1) is 0 Å². The molecule has 1 aliphatic heterocycles. The van der Waals surface area contributed by atoms with Crippen LogP contribution < -0.4 is 5.32 Å². The fourth-order valence-electron chi connectivity index (χ4n) is 2.59. The molecule has 1 heterocycles. The van der Waals surface area contributed by atoms with Gasteiger partial charge in [0.25, 0.3) is 0 Å². The van der Waals surface area contributed by atoms with E-state index in [0.717, 1.165) is 6.54 Å². The standard InChI is InChI=1S/C13H26N2OS/c1-9-6-7-10(2)15(9)12(4)13(16)14-8-11(3)17-5/h9-12H,6-8H2,1-5H3,(H,14,16)/t9-,10+,11-,12+/m1/s1. The average molecular weight is 258 g/mol. The minimum Gasteiger partial charge on any atom is -0.354 e. The van der Waals surface area contributed by atoms with Crippen molar-refractivity contribution in [3.63, 3.8) is 0 Å². The van der Waals surface area contributed by atoms with Gasteiger partial charge in [0.2, 0.25) is 5.91 Å². The molecule has 1 saturated heterocycles. The van der Waals surface area contributed by atoms with Crippen LogP contribution in [0.4, 0.5) is 0 Å². The Bertz CT molecular complexity index is 250. The fourth-order valence-corrected chi connectivity index (χ4v) is 2.84. The van der Waals surface area contributed by atoms with Crippen LogP contribution in [0.15, 0.2) is 0 Å². The highest BCUT2D eigenvalue weighted by molar-refractivity contribution is 7.99. The summed E-state index contributed by atoms with van der Waals surface area (Å²) in [5.41, 5.74) is 0. The molecule has 1 aliphatic rings. The molecule has 3 nitrogen and oxygen atoms in total. The molecule has 0 saturated carbocycles. The first-order chi connectivity index (χ1) is 7.97. The monoisotopic (exact) mass is 258 g/mol. The van der Waals surface area contributed by atoms with Crippen molar-refractivity contribution in [2.75, 3.05) is 12.8 Å². The van der Waals surface area contributed by atoms with Gasteiger partial charge in [-0.05, 0) is 39.9 Å². The summed E-state index contributed by atoms with van der Waals surface area (Å²) in [5, 5.41) is 3.54. The van der Waals surface area contributed by atoms with Gasteiger partial charge in [-0.1, -0.05) is 6.92 Å². The number of carbonyl (C=O) groups excluding carboxylic acids is 1. The van der Waals surface area contributed by atoms with Crippen LogP contribution in [-0.2, 0) is 4.79 Å². The minimum atomic E-state index is -0.00319. The van der Waals surface area contributed by atoms with Gasteiger partial charge in [0.15, 0.2) is 0 Å². The lowest BCUT2D eigenvalue weighted by Gasteiger charge is -2.31. The van der Waals surface area contributed by atoms with Crippen LogP contribution in [0.2, 0.25) is 0 Å². The maximum absolute atomic E-state index is 12.1. The number of nitrogens with one attached hydrogen (secondary N) is 1. The number of nitrogens with zero attached hydrogens (tertiary/aromatic N) is 1. The first kappa shape index (κ1) is 14.8. The topological polar surface area (TPSA) is 32.3 Å². The van der Waals surface area contributed by atoms with Crippen molar-refractivity contribution in [1.82, 2.24) is 10.2 Å². The quantitative estimate of drug-likeness (QED) is 0.820. The second-order valence-electron chi connectivity index (χ2n) is 5.19. The molecule has 1 amide bonds. The number of hydrogen-bond acceptors (Lipinski definition) is 3. The van der Waals surface area contributed by atoms with E-state index in [1.807, 2.05) is 6.92 Å². The van der Waals surface area contributed by atoms with Crippen molar-refractivity contribution < 1.29 is 4.79 Å². The van der Waals surface area contributed by atoms with Crippen molar-refractivity contribution in [3.8, 4) is 0 Å². The Kier molecular flexibility index (Phi) is 5.80. The van der Waals surface area contributed by atoms with Crippen LogP contribution in [0.3, 0.4) is 0 Å². The molecule has 0 unspecified atom stereocenters. The Balaban J connectivity index is 2.45. The van der Waals surface area contributed by atoms with E-state index < -0.39 is 0 Å². The predicted octanol–water partition coefficient (Wildman–Crippen LogP) is 2.12. The van der Waals surface area contributed by atoms with Crippen LogP contribution >= 0.6 is 11.8 Å². The molecule has 0 aromatic heterocycles. The molecule has 1 rings (SSSR count). The highest BCUT2D eigenvalue weighted by atomic mass is 32.2. The van der Waals surface area contributed by atoms with Crippen molar-refractivity contribution >= 4 is 17.7 Å². The zero-order valence-electron chi connectivity index (χ0n) is 11.7. The Morgan fingerprint density at radius 2 is 1.88 bits per heavy atom. The molecule has 17 heavy (non-hydrogen) atoms. The Morgan fingerprint density at radius 3 is 2.35 bits per heavy atom. The van der Waals surface area contributed by atoms with Gasteiger partial charge in [-0.25, -0.2) is 0 Å². The van der Waals surface area contributed by atoms with Crippen LogP contribution in [-0.4, -0.2) is 47.0 Å². The summed E-state index contributed by atoms with van der Waals surface area (Å²) in [7, 11) is 0. The van der Waals surface area contributed by atoms with Crippen molar-refractivity contribution in [2.24, 2.45) is 0 Å². The molecule has 1 fully saturated rings. The molecule has 4 atom stereocenters. The number of carbonyl (C=O) groups is 1. The molecule has 0 aromatic rings. The third-order valence-corrected chi connectivity index (χ3v) is 4.78. The number of amides is 1. The molecular formula is C13H26N2OS. The first-order valence-corrected chi connectivity index (χ1v) is 7.84. The van der Waals surface area contributed by atoms with Crippen LogP contribution in [0.5, 0.6) is 0 Å². The normalized spacial score (nSPS) is 29.0. The zero-order chi connectivity index (χ0) is 13.0. The van der Waals surface area contributed by atoms with Gasteiger partial charge >= 0.3 is 0 Å². The van der Waals surface area contributed by atoms with Gasteiger partial charge in [0.1, 0.15) is 0 Å². The van der Waals surface area contributed by atoms with Crippen molar-refractivity contribution in [1.29, 1.82) is 0 Å². The molecule has 0 aromatic carbocycles. The molecule has 0 radical (unpaired) electrons. The maximum Gasteiger partial charge on any atom is 0.237 e. The Hall–Kier alpha value is -0.220. The molecule has 4 heteroatoms. The summed E-state index contributed by atoms with van der Waals surface area (Å²) >= 11 is 1.78. The van der Waals surface area contributed by atoms with E-state index in [2.05, 4.69) is 37.2 Å². The molecular weight excluding hydrogens is 232 g/mol. The summed E-state index contributed by atoms with van der Waals surface area (Å²) in [6.45, 7) is 9.37. The first-order valence-electron chi connectivity index (χ1n) is 6.55. The van der Waals surface area contributed by atoms with E-state index in [1.165, 1.54) is 12.8 Å². The summed E-state index contributed by atoms with van der Waals surface area (Å²) in [6, 6.07) is 1.06. The summed E-state index contributed by atoms with van der Waals surface area (Å²) in [4.78, 5) is 14.4. The minimum absolute atomic E-state index is 0.00319. The second-order valence-corrected chi connectivity index (χ2v) is 6.47. The maximum atomic E-state index is 12.1. The highest BCUT2D eigenvalue weighted by Crippen LogP contribution is 2.25. The smallest absolute Gasteiger partial charge is 0.237 e. The number of hydrogen-bond donors (Lipinski definition) is 1. The second kappa shape index (κ2) is 6.64. The van der Waals surface area contributed by atoms with Crippen molar-refractivity contribution in [3.05, 3.63) is 0 Å². The van der Waals surface area contributed by atoms with E-state index in [1.54, 1.807) is 11.8 Å². The van der Waals surface area contributed by atoms with Crippen LogP contribution in [0.25, 0.3) is 0 Å². The van der Waals surface area contributed by atoms with Gasteiger partial charge in [-0.3, -0.25) is 9.69 Å². The molecule has 0 spiro atoms. The van der Waals surface area contributed by atoms with Gasteiger partial charge in [-0.15, -0.1) is 0 Å². The lowest BCUT2D eigenvalue weighted by Crippen LogP contribution is -2.49. The van der Waals surface area contributed by atoms with Gasteiger partial charge < -0.3 is 5.32 Å². The average Bonchev–Trinajstić information content (AvgIpc) is 2.64. The summed E-state index contributed by atoms with van der Waals surface area (Å²) in [6.07, 6.45) is 4.49. The third kappa shape index (κ3) is 3.88. The Labute approximate surface area is 110 Å². The highest BCUT2D eigenvalue weighted by Gasteiger charge is 2.34. The molecule has 100 valence electrons. The third-order valence-electron chi connectivity index (χ3n) is 3.81. The largest absolute Gasteiger partial charge is 0.354 e. The van der Waals surface area contributed by atoms with E-state index >= 15 is 0 Å². The summed E-state index contributed by atoms with van der Waals surface area (Å²) in [5.74, 6) is 0.173. The fraction of sp³-hybridized carbons (Fsp3) is 0.923. The lowest BCUT2D eigenvalue weighted by atomic mass is 10.2. The van der Waals surface area contributed by atoms with E-state index in [-0.39, 0.29) is 11.9 Å². The number of rotatable bonds is 5. The molecule has 0 aliphatic carbocycles. The zero-order valence-corrected chi connectivity index (χ0v) is 12.5. The van der Waals surface area contributed by atoms with Gasteiger partial charge in [-0.2, -0.15) is 11.8 Å². The van der Waals surface area contributed by atoms with Gasteiger partial charge in [0, 0.05) is 23.9 Å². The van der Waals surface area contributed by atoms with E-state index in [9.17, 15) is 4.79 Å². The van der Waals surface area contributed by atoms with E-state index in [0.29, 0.717) is 17.3 Å². The SMILES string of the molecule is CS[C@H](C)CNC(=O)[C@H](C)N1[C@H](C)CC[C@@H]1C. The molecule has 0 bridgehead atoms. The molecule has 1 N–H and O–H groups in total. The van der Waals surface area contributed by atoms with Gasteiger partial charge in [0.05, 0.1) is 6.04 Å². The number of likely N-dealkylation sites (tertiary alicyclic amines) is 1. The lowest BCUT2D eigenvalue weighted by molar-refractivity contribution is -0.126. The Morgan fingerprint density at radius 1 is 1.35 bits per heavy atom. The van der Waals surface area contributed by atoms with Crippen LogP contribution in [0.1, 0.15) is 40.5 Å². The number of thioether (sulfide) groups is 1. The van der Waals surface area contributed by atoms with Crippen molar-refractivity contribution in [2.45, 2.75) is 63.9 Å². The van der Waals surface area contributed by atoms with E-state index in [4.69, 9.17) is 0 Å².